The molecule has 0 unspecified atom stereocenters. The maximum Gasteiger partial charge on any atom is 0.194 e. The summed E-state index contributed by atoms with van der Waals surface area (Å²) in [4.78, 5) is 5.15. The Kier molecular flexibility index (Phi) is 2.77. The number of thiazole rings is 1. The molecular formula is C13H12N2O2S. The fourth-order valence-corrected chi connectivity index (χ4v) is 2.85. The molecule has 0 radical (unpaired) electrons. The maximum atomic E-state index is 9.33. The number of imidazole rings is 1. The fraction of sp³-hybridized carbons (Fsp3) is 0.154. The molecule has 0 saturated carbocycles. The van der Waals surface area contributed by atoms with Crippen molar-refractivity contribution in [3.05, 3.63) is 41.5 Å². The highest BCUT2D eigenvalue weighted by atomic mass is 32.1. The van der Waals surface area contributed by atoms with E-state index >= 15 is 0 Å². The van der Waals surface area contributed by atoms with Crippen molar-refractivity contribution in [1.82, 2.24) is 9.38 Å². The van der Waals surface area contributed by atoms with Gasteiger partial charge >= 0.3 is 0 Å². The highest BCUT2D eigenvalue weighted by Gasteiger charge is 2.11. The normalized spacial score (nSPS) is 11.0. The van der Waals surface area contributed by atoms with Crippen molar-refractivity contribution in [2.24, 2.45) is 0 Å². The van der Waals surface area contributed by atoms with Gasteiger partial charge in [0.15, 0.2) is 4.96 Å². The zero-order valence-electron chi connectivity index (χ0n) is 9.83. The van der Waals surface area contributed by atoms with E-state index in [0.717, 1.165) is 27.7 Å². The number of benzene rings is 1. The lowest BCUT2D eigenvalue weighted by molar-refractivity contribution is 0.276. The van der Waals surface area contributed by atoms with Crippen molar-refractivity contribution >= 4 is 16.3 Å². The first-order chi connectivity index (χ1) is 8.83. The van der Waals surface area contributed by atoms with Gasteiger partial charge in [-0.05, 0) is 12.1 Å². The van der Waals surface area contributed by atoms with Crippen LogP contribution < -0.4 is 4.74 Å². The van der Waals surface area contributed by atoms with Crippen LogP contribution in [0.1, 0.15) is 5.69 Å². The molecule has 0 bridgehead atoms. The number of rotatable bonds is 3. The van der Waals surface area contributed by atoms with Gasteiger partial charge in [0, 0.05) is 10.9 Å². The van der Waals surface area contributed by atoms with E-state index < -0.39 is 0 Å². The molecule has 18 heavy (non-hydrogen) atoms. The third kappa shape index (κ3) is 1.68. The second-order valence-electron chi connectivity index (χ2n) is 3.88. The molecule has 2 heterocycles. The van der Waals surface area contributed by atoms with Crippen LogP contribution in [-0.2, 0) is 6.61 Å². The Balaban J connectivity index is 2.21. The zero-order chi connectivity index (χ0) is 12.5. The number of ether oxygens (including phenoxy) is 1. The van der Waals surface area contributed by atoms with Crippen LogP contribution in [0.3, 0.4) is 0 Å². The van der Waals surface area contributed by atoms with Crippen LogP contribution in [0.25, 0.3) is 16.2 Å². The predicted octanol–water partition coefficient (Wildman–Crippen LogP) is 2.56. The molecule has 0 amide bonds. The number of hydrogen-bond acceptors (Lipinski definition) is 4. The Bertz CT molecular complexity index is 687. The smallest absolute Gasteiger partial charge is 0.194 e. The van der Waals surface area contributed by atoms with Gasteiger partial charge in [0.1, 0.15) is 5.75 Å². The molecule has 92 valence electrons. The van der Waals surface area contributed by atoms with Crippen molar-refractivity contribution in [3.8, 4) is 17.0 Å². The second-order valence-corrected chi connectivity index (χ2v) is 4.72. The summed E-state index contributed by atoms with van der Waals surface area (Å²) >= 11 is 1.56. The first-order valence-corrected chi connectivity index (χ1v) is 6.40. The van der Waals surface area contributed by atoms with Gasteiger partial charge in [-0.2, -0.15) is 0 Å². The summed E-state index contributed by atoms with van der Waals surface area (Å²) in [5.74, 6) is 0.817. The van der Waals surface area contributed by atoms with Gasteiger partial charge in [-0.25, -0.2) is 4.98 Å². The average molecular weight is 260 g/mol. The average Bonchev–Trinajstić information content (AvgIpc) is 2.99. The monoisotopic (exact) mass is 260 g/mol. The summed E-state index contributed by atoms with van der Waals surface area (Å²) in [6, 6.07) is 7.86. The SMILES string of the molecule is COc1cccc(-c2csc3ncc(CO)n23)c1. The van der Waals surface area contributed by atoms with E-state index in [1.165, 1.54) is 0 Å². The third-order valence-electron chi connectivity index (χ3n) is 2.85. The van der Waals surface area contributed by atoms with E-state index in [2.05, 4.69) is 4.98 Å². The molecule has 4 nitrogen and oxygen atoms in total. The summed E-state index contributed by atoms with van der Waals surface area (Å²) in [5.41, 5.74) is 2.87. The molecule has 3 rings (SSSR count). The topological polar surface area (TPSA) is 46.8 Å². The minimum Gasteiger partial charge on any atom is -0.497 e. The standard InChI is InChI=1S/C13H12N2O2S/c1-17-11-4-2-3-9(5-11)12-8-18-13-14-6-10(7-16)15(12)13/h2-6,8,16H,7H2,1H3. The van der Waals surface area contributed by atoms with E-state index in [4.69, 9.17) is 4.74 Å². The van der Waals surface area contributed by atoms with Crippen LogP contribution in [-0.4, -0.2) is 21.6 Å². The molecule has 0 atom stereocenters. The summed E-state index contributed by atoms with van der Waals surface area (Å²) < 4.78 is 7.20. The zero-order valence-corrected chi connectivity index (χ0v) is 10.6. The molecule has 3 aromatic rings. The number of fused-ring (bicyclic) bond motifs is 1. The number of methoxy groups -OCH3 is 1. The van der Waals surface area contributed by atoms with Crippen molar-refractivity contribution < 1.29 is 9.84 Å². The number of aromatic nitrogens is 2. The third-order valence-corrected chi connectivity index (χ3v) is 3.69. The summed E-state index contributed by atoms with van der Waals surface area (Å²) in [6.07, 6.45) is 1.70. The van der Waals surface area contributed by atoms with Gasteiger partial charge in [-0.1, -0.05) is 12.1 Å². The van der Waals surface area contributed by atoms with Gasteiger partial charge in [0.05, 0.1) is 31.3 Å². The first-order valence-electron chi connectivity index (χ1n) is 5.52. The van der Waals surface area contributed by atoms with Gasteiger partial charge in [0.25, 0.3) is 0 Å². The number of aliphatic hydroxyl groups excluding tert-OH is 1. The molecule has 0 aliphatic rings. The highest BCUT2D eigenvalue weighted by Crippen LogP contribution is 2.29. The quantitative estimate of drug-likeness (QED) is 0.787. The number of hydrogen-bond donors (Lipinski definition) is 1. The van der Waals surface area contributed by atoms with Crippen LogP contribution in [0.4, 0.5) is 0 Å². The van der Waals surface area contributed by atoms with Crippen molar-refractivity contribution in [3.63, 3.8) is 0 Å². The van der Waals surface area contributed by atoms with Gasteiger partial charge in [-0.15, -0.1) is 11.3 Å². The molecule has 0 aliphatic heterocycles. The molecule has 0 fully saturated rings. The first kappa shape index (κ1) is 11.3. The van der Waals surface area contributed by atoms with Gasteiger partial charge in [-0.3, -0.25) is 4.40 Å². The second kappa shape index (κ2) is 4.44. The van der Waals surface area contributed by atoms with Crippen LogP contribution in [0.15, 0.2) is 35.8 Å². The number of nitrogens with zero attached hydrogens (tertiary/aromatic N) is 2. The lowest BCUT2D eigenvalue weighted by Crippen LogP contribution is -1.93. The minimum absolute atomic E-state index is 0.0190. The Morgan fingerprint density at radius 2 is 2.33 bits per heavy atom. The summed E-state index contributed by atoms with van der Waals surface area (Å²) in [7, 11) is 1.65. The van der Waals surface area contributed by atoms with Crippen LogP contribution in [0.5, 0.6) is 5.75 Å². The van der Waals surface area contributed by atoms with E-state index in [0.29, 0.717) is 0 Å². The molecule has 0 spiro atoms. The van der Waals surface area contributed by atoms with Crippen LogP contribution >= 0.6 is 11.3 Å². The predicted molar refractivity (Wildman–Crippen MR) is 71.0 cm³/mol. The number of aliphatic hydroxyl groups is 1. The van der Waals surface area contributed by atoms with E-state index in [1.54, 1.807) is 24.6 Å². The summed E-state index contributed by atoms with van der Waals surface area (Å²) in [5, 5.41) is 11.4. The summed E-state index contributed by atoms with van der Waals surface area (Å²) in [6.45, 7) is -0.0190. The van der Waals surface area contributed by atoms with Crippen molar-refractivity contribution in [2.45, 2.75) is 6.61 Å². The fourth-order valence-electron chi connectivity index (χ4n) is 1.96. The van der Waals surface area contributed by atoms with E-state index in [-0.39, 0.29) is 6.61 Å². The highest BCUT2D eigenvalue weighted by molar-refractivity contribution is 7.15. The Labute approximate surface area is 108 Å². The lowest BCUT2D eigenvalue weighted by Gasteiger charge is -2.05. The Morgan fingerprint density at radius 1 is 1.44 bits per heavy atom. The molecule has 0 aliphatic carbocycles. The van der Waals surface area contributed by atoms with Crippen LogP contribution in [0, 0.1) is 0 Å². The largest absolute Gasteiger partial charge is 0.497 e. The van der Waals surface area contributed by atoms with Gasteiger partial charge < -0.3 is 9.84 Å². The molecule has 0 saturated heterocycles. The molecule has 1 aromatic carbocycles. The van der Waals surface area contributed by atoms with Crippen molar-refractivity contribution in [2.75, 3.05) is 7.11 Å². The molecule has 2 aromatic heterocycles. The van der Waals surface area contributed by atoms with E-state index in [9.17, 15) is 5.11 Å². The Hall–Kier alpha value is -1.85. The minimum atomic E-state index is -0.0190. The molecular weight excluding hydrogens is 248 g/mol. The lowest BCUT2D eigenvalue weighted by atomic mass is 10.1. The van der Waals surface area contributed by atoms with Crippen molar-refractivity contribution in [1.29, 1.82) is 0 Å². The van der Waals surface area contributed by atoms with Crippen LogP contribution in [0.2, 0.25) is 0 Å². The molecule has 1 N–H and O–H groups in total. The Morgan fingerprint density at radius 3 is 3.11 bits per heavy atom. The van der Waals surface area contributed by atoms with Gasteiger partial charge in [0.2, 0.25) is 0 Å². The molecule has 5 heteroatoms. The maximum absolute atomic E-state index is 9.33. The van der Waals surface area contributed by atoms with E-state index in [1.807, 2.05) is 34.0 Å².